The van der Waals surface area contributed by atoms with E-state index in [9.17, 15) is 28.0 Å². The van der Waals surface area contributed by atoms with Crippen LogP contribution in [0.4, 0.5) is 23.7 Å². The van der Waals surface area contributed by atoms with Crippen LogP contribution in [0.5, 0.6) is 0 Å². The Kier molecular flexibility index (Phi) is 12.2. The number of aryl methyl sites for hydroxylation is 1. The minimum Gasteiger partial charge on any atom is -0.340 e. The molecule has 2 aliphatic carbocycles. The number of aromatic nitrogens is 2. The fourth-order valence-electron chi connectivity index (χ4n) is 7.00. The number of carbonyl (C=O) groups is 4. The van der Waals surface area contributed by atoms with E-state index in [0.29, 0.717) is 17.8 Å². The maximum Gasteiger partial charge on any atom is 0.318 e. The Morgan fingerprint density at radius 3 is 2.26 bits per heavy atom. The van der Waals surface area contributed by atoms with Crippen LogP contribution in [0.25, 0.3) is 0 Å². The Morgan fingerprint density at radius 1 is 0.980 bits per heavy atom. The van der Waals surface area contributed by atoms with Gasteiger partial charge in [0.25, 0.3) is 12.0 Å². The lowest BCUT2D eigenvalue weighted by molar-refractivity contribution is -0.134. The van der Waals surface area contributed by atoms with Crippen LogP contribution >= 0.6 is 0 Å². The van der Waals surface area contributed by atoms with Crippen molar-refractivity contribution in [2.24, 2.45) is 5.92 Å². The molecule has 11 nitrogen and oxygen atoms in total. The molecule has 3 aliphatic rings. The molecule has 0 radical (unpaired) electrons. The average molecular weight is 700 g/mol. The van der Waals surface area contributed by atoms with Crippen LogP contribution in [0.3, 0.4) is 0 Å². The van der Waals surface area contributed by atoms with Crippen LogP contribution in [-0.2, 0) is 16.1 Å². The molecule has 50 heavy (non-hydrogen) atoms. The minimum absolute atomic E-state index is 0.0178. The number of likely N-dealkylation sites (tertiary alicyclic amines) is 1. The van der Waals surface area contributed by atoms with Crippen molar-refractivity contribution < 1.29 is 32.3 Å². The number of carbonyl (C=O) groups excluding carboxylic acids is 4. The maximum absolute atomic E-state index is 15.8. The summed E-state index contributed by atoms with van der Waals surface area (Å²) < 4.78 is 43.7. The molecular weight excluding hydrogens is 651 g/mol. The summed E-state index contributed by atoms with van der Waals surface area (Å²) in [6, 6.07) is 3.48. The fourth-order valence-corrected chi connectivity index (χ4v) is 7.00. The van der Waals surface area contributed by atoms with E-state index in [1.807, 2.05) is 6.92 Å². The Labute approximate surface area is 291 Å². The summed E-state index contributed by atoms with van der Waals surface area (Å²) in [6.45, 7) is 4.21. The molecule has 3 atom stereocenters. The third-order valence-electron chi connectivity index (χ3n) is 10.4. The van der Waals surface area contributed by atoms with Gasteiger partial charge in [-0.2, -0.15) is 13.9 Å². The van der Waals surface area contributed by atoms with E-state index in [0.717, 1.165) is 51.4 Å². The van der Waals surface area contributed by atoms with E-state index in [2.05, 4.69) is 21.0 Å². The topological polar surface area (TPSA) is 129 Å². The molecule has 1 aromatic carbocycles. The second-order valence-electron chi connectivity index (χ2n) is 13.7. The Morgan fingerprint density at radius 2 is 1.66 bits per heavy atom. The lowest BCUT2D eigenvalue weighted by Crippen LogP contribution is -2.55. The van der Waals surface area contributed by atoms with Crippen molar-refractivity contribution in [1.82, 2.24) is 30.2 Å². The van der Waals surface area contributed by atoms with Crippen molar-refractivity contribution in [3.8, 4) is 0 Å². The highest BCUT2D eigenvalue weighted by molar-refractivity contribution is 6.00. The highest BCUT2D eigenvalue weighted by Crippen LogP contribution is 2.31. The van der Waals surface area contributed by atoms with Crippen LogP contribution in [-0.4, -0.2) is 81.6 Å². The molecular formula is C36H48F3N7O4. The smallest absolute Gasteiger partial charge is 0.318 e. The molecule has 1 aromatic heterocycles. The molecule has 3 N–H and O–H groups in total. The molecule has 1 aliphatic heterocycles. The van der Waals surface area contributed by atoms with Gasteiger partial charge in [0, 0.05) is 44.8 Å². The molecule has 5 amide bonds. The molecule has 0 unspecified atom stereocenters. The van der Waals surface area contributed by atoms with Crippen molar-refractivity contribution in [2.75, 3.05) is 25.5 Å². The van der Waals surface area contributed by atoms with E-state index in [-0.39, 0.29) is 49.2 Å². The van der Waals surface area contributed by atoms with Gasteiger partial charge >= 0.3 is 6.03 Å². The van der Waals surface area contributed by atoms with Gasteiger partial charge in [-0.1, -0.05) is 38.7 Å². The third kappa shape index (κ3) is 8.86. The van der Waals surface area contributed by atoms with Gasteiger partial charge in [0.1, 0.15) is 23.6 Å². The molecule has 0 bridgehead atoms. The standard InChI is InChI=1S/C36H48F3N7O4/c1-4-46-29(15-18-40-46)33(47)42-31(23-9-7-5-6-8-10-23)34(48)41-28-14-11-25(21-27(28)37)22(2)30(43-36(50)44(3)26-12-13-26)35(49)45-19-16-24(17-20-45)32(38)39/h11,14-15,18,21-23,26,30-31H,4-10,12-13,16-17,19-20H2,1-3H3,(H,41,48)(H,42,47)(H,43,50)/t22-,30+,31-/m0/s1. The predicted molar refractivity (Wildman–Crippen MR) is 182 cm³/mol. The zero-order valence-electron chi connectivity index (χ0n) is 29.0. The molecule has 272 valence electrons. The molecule has 14 heteroatoms. The summed E-state index contributed by atoms with van der Waals surface area (Å²) in [5, 5.41) is 12.6. The average Bonchev–Trinajstić information content (AvgIpc) is 3.91. The number of rotatable bonds is 11. The molecule has 3 fully saturated rings. The quantitative estimate of drug-likeness (QED) is 0.256. The van der Waals surface area contributed by atoms with Crippen molar-refractivity contribution >= 4 is 29.4 Å². The fraction of sp³-hybridized carbons (Fsp3) is 0.583. The van der Waals surface area contributed by atoms with Crippen LogP contribution < -0.4 is 16.0 Å². The van der Waals surface area contributed by atoms with E-state index in [4.69, 9.17) is 0 Å². The summed E-state index contributed by atoms with van der Waals surface area (Å²) in [5.74, 6) is -2.96. The van der Waals surface area contributed by atoms with Gasteiger partial charge in [-0.3, -0.25) is 19.1 Å². The van der Waals surface area contributed by atoms with Gasteiger partial charge in [-0.05, 0) is 80.7 Å². The number of hydrogen-bond donors (Lipinski definition) is 3. The van der Waals surface area contributed by atoms with Crippen LogP contribution in [0.15, 0.2) is 42.1 Å². The first kappa shape index (κ1) is 36.9. The second kappa shape index (κ2) is 16.6. The molecule has 1 saturated heterocycles. The van der Waals surface area contributed by atoms with Gasteiger partial charge in [-0.15, -0.1) is 0 Å². The van der Waals surface area contributed by atoms with E-state index >= 15 is 4.39 Å². The maximum atomic E-state index is 15.8. The lowest BCUT2D eigenvalue weighted by Gasteiger charge is -2.34. The molecule has 2 heterocycles. The van der Waals surface area contributed by atoms with Crippen molar-refractivity contribution in [1.29, 1.82) is 0 Å². The monoisotopic (exact) mass is 699 g/mol. The number of nitrogens with one attached hydrogen (secondary N) is 3. The number of benzene rings is 1. The predicted octanol–water partition coefficient (Wildman–Crippen LogP) is 5.80. The summed E-state index contributed by atoms with van der Waals surface area (Å²) in [6.07, 6.45) is 7.04. The molecule has 0 spiro atoms. The van der Waals surface area contributed by atoms with Gasteiger partial charge in [0.2, 0.25) is 11.8 Å². The SMILES string of the molecule is CCn1nccc1C(=O)N[C@H](C(=O)Nc1ccc([C@H](C)[C@@H](NC(=O)N(C)C2CC2)C(=O)N2CCC(=C(F)F)CC2)cc1F)C1CCCCCC1. The largest absolute Gasteiger partial charge is 0.340 e. The van der Waals surface area contributed by atoms with Crippen molar-refractivity contribution in [3.63, 3.8) is 0 Å². The number of hydrogen-bond acceptors (Lipinski definition) is 5. The second-order valence-corrected chi connectivity index (χ2v) is 13.7. The first-order chi connectivity index (χ1) is 24.0. The van der Waals surface area contributed by atoms with Crippen molar-refractivity contribution in [2.45, 2.75) is 109 Å². The summed E-state index contributed by atoms with van der Waals surface area (Å²) in [5.41, 5.74) is 0.673. The Balaban J connectivity index is 1.33. The summed E-state index contributed by atoms with van der Waals surface area (Å²) in [4.78, 5) is 57.0. The van der Waals surface area contributed by atoms with Gasteiger partial charge in [0.15, 0.2) is 0 Å². The van der Waals surface area contributed by atoms with Crippen molar-refractivity contribution in [3.05, 3.63) is 59.2 Å². The van der Waals surface area contributed by atoms with E-state index in [1.165, 1.54) is 23.2 Å². The highest BCUT2D eigenvalue weighted by atomic mass is 19.3. The van der Waals surface area contributed by atoms with E-state index in [1.54, 1.807) is 35.7 Å². The third-order valence-corrected chi connectivity index (χ3v) is 10.4. The number of nitrogens with zero attached hydrogens (tertiary/aromatic N) is 4. The van der Waals surface area contributed by atoms with Crippen LogP contribution in [0.1, 0.15) is 100 Å². The lowest BCUT2D eigenvalue weighted by atomic mass is 9.90. The first-order valence-electron chi connectivity index (χ1n) is 17.8. The van der Waals surface area contributed by atoms with Gasteiger partial charge in [-0.25, -0.2) is 9.18 Å². The number of anilines is 1. The van der Waals surface area contributed by atoms with Gasteiger partial charge < -0.3 is 25.8 Å². The number of urea groups is 1. The first-order valence-corrected chi connectivity index (χ1v) is 17.8. The highest BCUT2D eigenvalue weighted by Gasteiger charge is 2.37. The number of amides is 5. The minimum atomic E-state index is -1.73. The van der Waals surface area contributed by atoms with Crippen LogP contribution in [0.2, 0.25) is 0 Å². The normalized spacial score (nSPS) is 18.8. The molecule has 2 saturated carbocycles. The zero-order chi connectivity index (χ0) is 35.9. The number of piperidine rings is 1. The van der Waals surface area contributed by atoms with Crippen LogP contribution in [0, 0.1) is 11.7 Å². The molecule has 5 rings (SSSR count). The van der Waals surface area contributed by atoms with E-state index < -0.39 is 53.7 Å². The summed E-state index contributed by atoms with van der Waals surface area (Å²) >= 11 is 0. The summed E-state index contributed by atoms with van der Waals surface area (Å²) in [7, 11) is 1.65. The Hall–Kier alpha value is -4.36. The number of halogens is 3. The molecule has 2 aromatic rings. The van der Waals surface area contributed by atoms with Gasteiger partial charge in [0.05, 0.1) is 5.69 Å². The zero-order valence-corrected chi connectivity index (χ0v) is 29.0. The Bertz CT molecular complexity index is 1570.